The quantitative estimate of drug-likeness (QED) is 0.147. The van der Waals surface area contributed by atoms with E-state index in [-0.39, 0.29) is 0 Å². The molecule has 0 saturated carbocycles. The molecule has 8 aromatic carbocycles. The van der Waals surface area contributed by atoms with Gasteiger partial charge in [-0.25, -0.2) is 0 Å². The number of para-hydroxylation sites is 2. The predicted molar refractivity (Wildman–Crippen MR) is 190 cm³/mol. The van der Waals surface area contributed by atoms with Crippen LogP contribution in [0.25, 0.3) is 43.4 Å². The average Bonchev–Trinajstić information content (AvgIpc) is 3.13. The minimum Gasteiger partial charge on any atom is -0.450 e. The average molecular weight is 611 g/mol. The Morgan fingerprint density at radius 2 is 0.848 bits per heavy atom. The third kappa shape index (κ3) is 4.10. The third-order valence-electron chi connectivity index (χ3n) is 8.98. The monoisotopic (exact) mass is 610 g/mol. The Bertz CT molecular complexity index is 2460. The van der Waals surface area contributed by atoms with E-state index in [9.17, 15) is 0 Å². The number of ether oxygens (including phenoxy) is 2. The lowest BCUT2D eigenvalue weighted by molar-refractivity contribution is 0.360. The van der Waals surface area contributed by atoms with E-state index >= 15 is 4.57 Å². The first kappa shape index (κ1) is 26.7. The summed E-state index contributed by atoms with van der Waals surface area (Å²) in [4.78, 5) is 0. The fourth-order valence-electron chi connectivity index (χ4n) is 6.83. The molecule has 0 fully saturated rings. The number of hydrogen-bond acceptors (Lipinski definition) is 3. The lowest BCUT2D eigenvalue weighted by Gasteiger charge is -2.24. The molecule has 0 atom stereocenters. The van der Waals surface area contributed by atoms with Gasteiger partial charge in [0.05, 0.1) is 0 Å². The van der Waals surface area contributed by atoms with Crippen molar-refractivity contribution in [1.29, 1.82) is 0 Å². The van der Waals surface area contributed by atoms with E-state index in [1.54, 1.807) is 0 Å². The van der Waals surface area contributed by atoms with Gasteiger partial charge < -0.3 is 14.0 Å². The SMILES string of the molecule is O=P(c1ccccc1)(c1ccccc1)c1cc2c3ccccc3c(-c3ccc4c(c3)Oc3ccccc3O4)cc2c2ccccc12. The summed E-state index contributed by atoms with van der Waals surface area (Å²) in [5.74, 6) is 2.80. The number of rotatable bonds is 4. The third-order valence-corrected chi connectivity index (χ3v) is 12.1. The molecule has 8 aromatic rings. The maximum Gasteiger partial charge on any atom is 0.171 e. The van der Waals surface area contributed by atoms with Gasteiger partial charge in [-0.05, 0) is 79.8 Å². The van der Waals surface area contributed by atoms with Crippen LogP contribution in [0.2, 0.25) is 0 Å². The molecule has 218 valence electrons. The minimum absolute atomic E-state index is 0.687. The molecule has 4 heteroatoms. The molecule has 0 unspecified atom stereocenters. The lowest BCUT2D eigenvalue weighted by Crippen LogP contribution is -2.25. The van der Waals surface area contributed by atoms with Crippen LogP contribution in [0.1, 0.15) is 0 Å². The van der Waals surface area contributed by atoms with Crippen molar-refractivity contribution in [2.45, 2.75) is 0 Å². The fraction of sp³-hybridized carbons (Fsp3) is 0. The Hall–Kier alpha value is -5.63. The number of hydrogen-bond donors (Lipinski definition) is 0. The van der Waals surface area contributed by atoms with Crippen molar-refractivity contribution in [2.24, 2.45) is 0 Å². The van der Waals surface area contributed by atoms with Crippen molar-refractivity contribution in [3.8, 4) is 34.1 Å². The highest BCUT2D eigenvalue weighted by Crippen LogP contribution is 2.49. The van der Waals surface area contributed by atoms with E-state index in [1.807, 2.05) is 97.1 Å². The van der Waals surface area contributed by atoms with Crippen molar-refractivity contribution in [2.75, 3.05) is 0 Å². The molecule has 9 rings (SSSR count). The van der Waals surface area contributed by atoms with Gasteiger partial charge in [-0.15, -0.1) is 0 Å². The lowest BCUT2D eigenvalue weighted by atomic mass is 9.91. The topological polar surface area (TPSA) is 35.5 Å². The summed E-state index contributed by atoms with van der Waals surface area (Å²) in [6.07, 6.45) is 0. The van der Waals surface area contributed by atoms with Gasteiger partial charge in [0, 0.05) is 15.9 Å². The van der Waals surface area contributed by atoms with Crippen LogP contribution < -0.4 is 25.4 Å². The maximum absolute atomic E-state index is 15.7. The van der Waals surface area contributed by atoms with Gasteiger partial charge in [0.25, 0.3) is 0 Å². The molecule has 0 spiro atoms. The molecule has 0 amide bonds. The molecule has 1 aliphatic heterocycles. The van der Waals surface area contributed by atoms with E-state index in [4.69, 9.17) is 9.47 Å². The summed E-state index contributed by atoms with van der Waals surface area (Å²) in [5, 5.41) is 8.97. The predicted octanol–water partition coefficient (Wildman–Crippen LogP) is 10.4. The zero-order valence-electron chi connectivity index (χ0n) is 24.8. The van der Waals surface area contributed by atoms with Crippen molar-refractivity contribution in [3.05, 3.63) is 164 Å². The van der Waals surface area contributed by atoms with Crippen LogP contribution in [0.5, 0.6) is 23.0 Å². The fourth-order valence-corrected chi connectivity index (χ4v) is 9.71. The van der Waals surface area contributed by atoms with Crippen molar-refractivity contribution in [3.63, 3.8) is 0 Å². The van der Waals surface area contributed by atoms with Crippen LogP contribution in [0.15, 0.2) is 164 Å². The van der Waals surface area contributed by atoms with Crippen LogP contribution >= 0.6 is 7.14 Å². The Balaban J connectivity index is 1.33. The molecule has 1 aliphatic rings. The first-order valence-corrected chi connectivity index (χ1v) is 17.1. The second-order valence-corrected chi connectivity index (χ2v) is 14.3. The number of fused-ring (bicyclic) bond motifs is 7. The van der Waals surface area contributed by atoms with Gasteiger partial charge in [-0.1, -0.05) is 127 Å². The maximum atomic E-state index is 15.7. The van der Waals surface area contributed by atoms with Gasteiger partial charge in [-0.3, -0.25) is 0 Å². The minimum atomic E-state index is -3.24. The second-order valence-electron chi connectivity index (χ2n) is 11.6. The Morgan fingerprint density at radius 3 is 1.50 bits per heavy atom. The van der Waals surface area contributed by atoms with E-state index in [0.717, 1.165) is 59.4 Å². The summed E-state index contributed by atoms with van der Waals surface area (Å²) in [6, 6.07) is 55.0. The molecule has 0 saturated heterocycles. The highest BCUT2D eigenvalue weighted by atomic mass is 31.2. The van der Waals surface area contributed by atoms with Crippen LogP contribution in [0.4, 0.5) is 0 Å². The van der Waals surface area contributed by atoms with Crippen molar-refractivity contribution >= 4 is 55.4 Å². The summed E-state index contributed by atoms with van der Waals surface area (Å²) in [6.45, 7) is 0. The summed E-state index contributed by atoms with van der Waals surface area (Å²) in [7, 11) is -3.24. The first-order valence-electron chi connectivity index (χ1n) is 15.4. The molecular formula is C42H27O3P. The van der Waals surface area contributed by atoms with E-state index < -0.39 is 7.14 Å². The highest BCUT2D eigenvalue weighted by molar-refractivity contribution is 7.85. The van der Waals surface area contributed by atoms with E-state index in [1.165, 1.54) is 0 Å². The van der Waals surface area contributed by atoms with Gasteiger partial charge in [0.1, 0.15) is 0 Å². The first-order chi connectivity index (χ1) is 22.7. The van der Waals surface area contributed by atoms with Crippen molar-refractivity contribution < 1.29 is 14.0 Å². The second kappa shape index (κ2) is 10.5. The van der Waals surface area contributed by atoms with E-state index in [2.05, 4.69) is 66.7 Å². The largest absolute Gasteiger partial charge is 0.450 e. The Labute approximate surface area is 266 Å². The van der Waals surface area contributed by atoms with Crippen molar-refractivity contribution in [1.82, 2.24) is 0 Å². The molecule has 0 aromatic heterocycles. The van der Waals surface area contributed by atoms with Gasteiger partial charge in [0.15, 0.2) is 30.1 Å². The van der Waals surface area contributed by atoms with Crippen LogP contribution in [-0.2, 0) is 4.57 Å². The normalized spacial score (nSPS) is 12.3. The molecular weight excluding hydrogens is 583 g/mol. The van der Waals surface area contributed by atoms with Gasteiger partial charge >= 0.3 is 0 Å². The molecule has 0 bridgehead atoms. The molecule has 46 heavy (non-hydrogen) atoms. The summed E-state index contributed by atoms with van der Waals surface area (Å²) >= 11 is 0. The highest BCUT2D eigenvalue weighted by Gasteiger charge is 2.32. The molecule has 3 nitrogen and oxygen atoms in total. The van der Waals surface area contributed by atoms with Gasteiger partial charge in [0.2, 0.25) is 0 Å². The summed E-state index contributed by atoms with van der Waals surface area (Å²) < 4.78 is 28.1. The smallest absolute Gasteiger partial charge is 0.171 e. The Kier molecular flexibility index (Phi) is 6.09. The number of benzene rings is 8. The van der Waals surface area contributed by atoms with Crippen LogP contribution in [0.3, 0.4) is 0 Å². The van der Waals surface area contributed by atoms with Crippen LogP contribution in [0, 0.1) is 0 Å². The standard InChI is InChI=1S/C42H27O3P/c43-46(29-13-3-1-4-14-29,30-15-5-2-6-16-30)42-27-37-32-18-8-7-17-31(32)35(26-36(37)33-19-9-10-20-34(33)42)28-23-24-40-41(25-28)45-39-22-12-11-21-38(39)44-40/h1-27H. The Morgan fingerprint density at radius 1 is 0.370 bits per heavy atom. The van der Waals surface area contributed by atoms with Crippen LogP contribution in [-0.4, -0.2) is 0 Å². The summed E-state index contributed by atoms with van der Waals surface area (Å²) in [5.41, 5.74) is 2.13. The molecule has 1 heterocycles. The zero-order valence-corrected chi connectivity index (χ0v) is 25.7. The molecule has 0 radical (unpaired) electrons. The van der Waals surface area contributed by atoms with E-state index in [0.29, 0.717) is 23.0 Å². The molecule has 0 N–H and O–H groups in total. The zero-order chi connectivity index (χ0) is 30.7. The molecule has 0 aliphatic carbocycles. The van der Waals surface area contributed by atoms with Gasteiger partial charge in [-0.2, -0.15) is 0 Å².